The van der Waals surface area contributed by atoms with Gasteiger partial charge in [-0.05, 0) is 29.5 Å². The number of fused-ring (bicyclic) bond motifs is 1. The summed E-state index contributed by atoms with van der Waals surface area (Å²) in [6, 6.07) is 17.8. The van der Waals surface area contributed by atoms with E-state index < -0.39 is 6.10 Å². The average Bonchev–Trinajstić information content (AvgIpc) is 2.78. The highest BCUT2D eigenvalue weighted by atomic mass is 16.3. The summed E-state index contributed by atoms with van der Waals surface area (Å²) in [6.07, 6.45) is 1.21. The lowest BCUT2D eigenvalue weighted by molar-refractivity contribution is -0.133. The SMILES string of the molecule is O=C(CC(O)c1ccccc1)N1CCc2ccccc2CC1. The smallest absolute Gasteiger partial charge is 0.225 e. The third-order valence-electron chi connectivity index (χ3n) is 4.33. The first-order valence-electron chi connectivity index (χ1n) is 7.81. The number of hydrogen-bond acceptors (Lipinski definition) is 2. The Kier molecular flexibility index (Phi) is 4.54. The van der Waals surface area contributed by atoms with Crippen LogP contribution in [0.15, 0.2) is 54.6 Å². The molecule has 1 amide bonds. The number of rotatable bonds is 3. The van der Waals surface area contributed by atoms with Gasteiger partial charge in [-0.25, -0.2) is 0 Å². The molecule has 0 bridgehead atoms. The second kappa shape index (κ2) is 6.75. The summed E-state index contributed by atoms with van der Waals surface area (Å²) in [6.45, 7) is 1.47. The predicted octanol–water partition coefficient (Wildman–Crippen LogP) is 2.74. The molecule has 1 heterocycles. The van der Waals surface area contributed by atoms with Gasteiger partial charge in [-0.15, -0.1) is 0 Å². The van der Waals surface area contributed by atoms with E-state index in [1.807, 2.05) is 35.2 Å². The van der Waals surface area contributed by atoms with E-state index in [0.717, 1.165) is 31.5 Å². The maximum Gasteiger partial charge on any atom is 0.225 e. The number of nitrogens with zero attached hydrogens (tertiary/aromatic N) is 1. The summed E-state index contributed by atoms with van der Waals surface area (Å²) in [7, 11) is 0. The third-order valence-corrected chi connectivity index (χ3v) is 4.33. The van der Waals surface area contributed by atoms with Gasteiger partial charge in [0.1, 0.15) is 0 Å². The number of aliphatic hydroxyl groups is 1. The molecule has 0 saturated carbocycles. The predicted molar refractivity (Wildman–Crippen MR) is 86.4 cm³/mol. The first-order valence-corrected chi connectivity index (χ1v) is 7.81. The van der Waals surface area contributed by atoms with E-state index in [9.17, 15) is 9.90 Å². The van der Waals surface area contributed by atoms with Gasteiger partial charge in [0.15, 0.2) is 0 Å². The van der Waals surface area contributed by atoms with Gasteiger partial charge in [0, 0.05) is 13.1 Å². The monoisotopic (exact) mass is 295 g/mol. The number of hydrogen-bond donors (Lipinski definition) is 1. The van der Waals surface area contributed by atoms with Crippen molar-refractivity contribution in [3.63, 3.8) is 0 Å². The van der Waals surface area contributed by atoms with Gasteiger partial charge in [0.25, 0.3) is 0 Å². The van der Waals surface area contributed by atoms with Crippen molar-refractivity contribution in [1.29, 1.82) is 0 Å². The number of carbonyl (C=O) groups excluding carboxylic acids is 1. The fourth-order valence-electron chi connectivity index (χ4n) is 3.00. The molecule has 1 atom stereocenters. The van der Waals surface area contributed by atoms with Crippen molar-refractivity contribution in [3.8, 4) is 0 Å². The van der Waals surface area contributed by atoms with Crippen molar-refractivity contribution in [2.24, 2.45) is 0 Å². The van der Waals surface area contributed by atoms with Crippen molar-refractivity contribution < 1.29 is 9.90 Å². The van der Waals surface area contributed by atoms with E-state index in [0.29, 0.717) is 0 Å². The van der Waals surface area contributed by atoms with E-state index in [-0.39, 0.29) is 12.3 Å². The van der Waals surface area contributed by atoms with Crippen molar-refractivity contribution in [1.82, 2.24) is 4.90 Å². The van der Waals surface area contributed by atoms with Crippen LogP contribution in [0.25, 0.3) is 0 Å². The van der Waals surface area contributed by atoms with Crippen LogP contribution in [0.1, 0.15) is 29.2 Å². The Morgan fingerprint density at radius 1 is 0.955 bits per heavy atom. The lowest BCUT2D eigenvalue weighted by atomic mass is 10.0. The Bertz CT molecular complexity index is 612. The Hall–Kier alpha value is -2.13. The molecule has 0 saturated heterocycles. The highest BCUT2D eigenvalue weighted by Crippen LogP contribution is 2.20. The molecule has 22 heavy (non-hydrogen) atoms. The van der Waals surface area contributed by atoms with Crippen LogP contribution in [-0.2, 0) is 17.6 Å². The van der Waals surface area contributed by atoms with E-state index >= 15 is 0 Å². The molecular formula is C19H21NO2. The molecule has 1 unspecified atom stereocenters. The summed E-state index contributed by atoms with van der Waals surface area (Å²) in [5.74, 6) is 0.0316. The van der Waals surface area contributed by atoms with Crippen LogP contribution >= 0.6 is 0 Å². The quantitative estimate of drug-likeness (QED) is 0.946. The Balaban J connectivity index is 1.62. The van der Waals surface area contributed by atoms with Crippen LogP contribution in [0.5, 0.6) is 0 Å². The minimum absolute atomic E-state index is 0.0316. The number of benzene rings is 2. The van der Waals surface area contributed by atoms with Gasteiger partial charge < -0.3 is 10.0 Å². The molecule has 3 heteroatoms. The molecule has 0 spiro atoms. The zero-order chi connectivity index (χ0) is 15.4. The van der Waals surface area contributed by atoms with Gasteiger partial charge in [-0.3, -0.25) is 4.79 Å². The Labute approximate surface area is 131 Å². The molecule has 3 nitrogen and oxygen atoms in total. The molecule has 114 valence electrons. The fraction of sp³-hybridized carbons (Fsp3) is 0.316. The minimum Gasteiger partial charge on any atom is -0.388 e. The second-order valence-corrected chi connectivity index (χ2v) is 5.78. The average molecular weight is 295 g/mol. The van der Waals surface area contributed by atoms with Gasteiger partial charge in [0.2, 0.25) is 5.91 Å². The molecule has 0 fully saturated rings. The van der Waals surface area contributed by atoms with Crippen molar-refractivity contribution in [2.75, 3.05) is 13.1 Å². The molecule has 1 aliphatic rings. The first-order chi connectivity index (χ1) is 10.7. The van der Waals surface area contributed by atoms with Crippen LogP contribution in [-0.4, -0.2) is 29.0 Å². The zero-order valence-electron chi connectivity index (χ0n) is 12.6. The van der Waals surface area contributed by atoms with E-state index in [2.05, 4.69) is 24.3 Å². The standard InChI is InChI=1S/C19H21NO2/c21-18(17-8-2-1-3-9-17)14-19(22)20-12-10-15-6-4-5-7-16(15)11-13-20/h1-9,18,21H,10-14H2. The number of carbonyl (C=O) groups is 1. The molecule has 3 rings (SSSR count). The van der Waals surface area contributed by atoms with E-state index in [1.54, 1.807) is 0 Å². The van der Waals surface area contributed by atoms with Crippen molar-refractivity contribution >= 4 is 5.91 Å². The molecule has 1 aliphatic heterocycles. The molecule has 0 radical (unpaired) electrons. The van der Waals surface area contributed by atoms with Gasteiger partial charge >= 0.3 is 0 Å². The maximum absolute atomic E-state index is 12.5. The summed E-state index contributed by atoms with van der Waals surface area (Å²) in [5, 5.41) is 10.2. The molecule has 0 aromatic heterocycles. The number of aliphatic hydroxyl groups excluding tert-OH is 1. The van der Waals surface area contributed by atoms with Crippen LogP contribution in [0.2, 0.25) is 0 Å². The third kappa shape index (κ3) is 3.37. The summed E-state index contributed by atoms with van der Waals surface area (Å²) in [5.41, 5.74) is 3.47. The zero-order valence-corrected chi connectivity index (χ0v) is 12.6. The lowest BCUT2D eigenvalue weighted by Crippen LogP contribution is -2.34. The second-order valence-electron chi connectivity index (χ2n) is 5.78. The highest BCUT2D eigenvalue weighted by Gasteiger charge is 2.21. The summed E-state index contributed by atoms with van der Waals surface area (Å²) < 4.78 is 0. The number of amides is 1. The summed E-state index contributed by atoms with van der Waals surface area (Å²) >= 11 is 0. The van der Waals surface area contributed by atoms with Crippen LogP contribution in [0, 0.1) is 0 Å². The fourth-order valence-corrected chi connectivity index (χ4v) is 3.00. The van der Waals surface area contributed by atoms with Crippen LogP contribution < -0.4 is 0 Å². The van der Waals surface area contributed by atoms with Crippen LogP contribution in [0.3, 0.4) is 0 Å². The van der Waals surface area contributed by atoms with Gasteiger partial charge in [-0.1, -0.05) is 54.6 Å². The van der Waals surface area contributed by atoms with E-state index in [4.69, 9.17) is 0 Å². The van der Waals surface area contributed by atoms with Crippen molar-refractivity contribution in [3.05, 3.63) is 71.3 Å². The lowest BCUT2D eigenvalue weighted by Gasteiger charge is -2.22. The summed E-state index contributed by atoms with van der Waals surface area (Å²) in [4.78, 5) is 14.3. The normalized spacial score (nSPS) is 15.8. The topological polar surface area (TPSA) is 40.5 Å². The van der Waals surface area contributed by atoms with Gasteiger partial charge in [-0.2, -0.15) is 0 Å². The molecular weight excluding hydrogens is 274 g/mol. The molecule has 2 aromatic rings. The maximum atomic E-state index is 12.5. The largest absolute Gasteiger partial charge is 0.388 e. The van der Waals surface area contributed by atoms with E-state index in [1.165, 1.54) is 11.1 Å². The Morgan fingerprint density at radius 2 is 1.50 bits per heavy atom. The molecule has 0 aliphatic carbocycles. The van der Waals surface area contributed by atoms with Crippen molar-refractivity contribution in [2.45, 2.75) is 25.4 Å². The molecule has 1 N–H and O–H groups in total. The molecule has 2 aromatic carbocycles. The highest BCUT2D eigenvalue weighted by molar-refractivity contribution is 5.77. The minimum atomic E-state index is -0.723. The van der Waals surface area contributed by atoms with Crippen LogP contribution in [0.4, 0.5) is 0 Å². The Morgan fingerprint density at radius 3 is 2.09 bits per heavy atom. The van der Waals surface area contributed by atoms with Gasteiger partial charge in [0.05, 0.1) is 12.5 Å². The first kappa shape index (κ1) is 14.8.